The minimum atomic E-state index is -0.525. The lowest BCUT2D eigenvalue weighted by Gasteiger charge is -2.35. The highest BCUT2D eigenvalue weighted by Crippen LogP contribution is 2.25. The number of aliphatic hydroxyl groups is 1. The molecule has 1 amide bonds. The first-order valence-corrected chi connectivity index (χ1v) is 9.64. The van der Waals surface area contributed by atoms with Gasteiger partial charge in [-0.2, -0.15) is 0 Å². The van der Waals surface area contributed by atoms with Gasteiger partial charge in [0.15, 0.2) is 11.5 Å². The molecule has 0 aromatic heterocycles. The van der Waals surface area contributed by atoms with Crippen LogP contribution in [-0.2, 0) is 4.79 Å². The van der Waals surface area contributed by atoms with Crippen LogP contribution in [-0.4, -0.2) is 63.8 Å². The Labute approximate surface area is 170 Å². The Hall–Kier alpha value is -3.09. The van der Waals surface area contributed by atoms with E-state index in [2.05, 4.69) is 4.90 Å². The predicted octanol–water partition coefficient (Wildman–Crippen LogP) is 2.55. The zero-order valence-electron chi connectivity index (χ0n) is 16.2. The highest BCUT2D eigenvalue weighted by molar-refractivity contribution is 5.88. The van der Waals surface area contributed by atoms with Crippen LogP contribution in [0.1, 0.15) is 17.2 Å². The van der Waals surface area contributed by atoms with Crippen LogP contribution in [0, 0.1) is 0 Å². The third-order valence-electron chi connectivity index (χ3n) is 4.94. The average molecular weight is 394 g/mol. The van der Waals surface area contributed by atoms with Crippen LogP contribution in [0.2, 0.25) is 0 Å². The first-order chi connectivity index (χ1) is 14.0. The molecule has 6 nitrogen and oxygen atoms in total. The minimum absolute atomic E-state index is 0.0496. The number of phenols is 2. The number of benzene rings is 2. The Balaban J connectivity index is 1.44. The summed E-state index contributed by atoms with van der Waals surface area (Å²) >= 11 is 0. The van der Waals surface area contributed by atoms with Crippen LogP contribution in [0.25, 0.3) is 6.08 Å². The third kappa shape index (κ3) is 5.94. The largest absolute Gasteiger partial charge is 0.504 e. The fourth-order valence-electron chi connectivity index (χ4n) is 3.23. The van der Waals surface area contributed by atoms with E-state index in [1.807, 2.05) is 30.3 Å². The summed E-state index contributed by atoms with van der Waals surface area (Å²) in [5.74, 6) is -0.391. The van der Waals surface area contributed by atoms with Gasteiger partial charge in [0.25, 0.3) is 0 Å². The number of phenolic OH excluding ortho intramolecular Hbond substituents is 2. The lowest BCUT2D eigenvalue weighted by atomic mass is 10.1. The number of aliphatic hydroxyl groups excluding tert-OH is 1. The Bertz CT molecular complexity index is 872. The number of aromatic hydroxyl groups is 2. The van der Waals surface area contributed by atoms with Crippen LogP contribution < -0.4 is 0 Å². The fraction of sp³-hybridized carbons (Fsp3) is 0.261. The van der Waals surface area contributed by atoms with Gasteiger partial charge >= 0.3 is 0 Å². The average Bonchev–Trinajstić information content (AvgIpc) is 2.74. The number of amides is 1. The summed E-state index contributed by atoms with van der Waals surface area (Å²) in [6, 6.07) is 14.1. The molecule has 3 N–H and O–H groups in total. The van der Waals surface area contributed by atoms with E-state index in [0.29, 0.717) is 19.6 Å². The Kier molecular flexibility index (Phi) is 7.05. The molecule has 0 aliphatic carbocycles. The summed E-state index contributed by atoms with van der Waals surface area (Å²) in [5, 5.41) is 29.1. The topological polar surface area (TPSA) is 84.2 Å². The fourth-order valence-corrected chi connectivity index (χ4v) is 3.23. The molecule has 1 atom stereocenters. The molecule has 2 aromatic carbocycles. The molecule has 1 aliphatic rings. The van der Waals surface area contributed by atoms with Crippen molar-refractivity contribution in [2.75, 3.05) is 32.7 Å². The predicted molar refractivity (Wildman–Crippen MR) is 112 cm³/mol. The molecule has 0 bridgehead atoms. The molecule has 3 rings (SSSR count). The number of β-amino-alcohol motifs (C(OH)–C–C–N with tert-alkyl or cyclic N) is 1. The monoisotopic (exact) mass is 394 g/mol. The normalized spacial score (nSPS) is 16.5. The van der Waals surface area contributed by atoms with E-state index >= 15 is 0 Å². The van der Waals surface area contributed by atoms with Gasteiger partial charge in [-0.15, -0.1) is 0 Å². The van der Waals surface area contributed by atoms with E-state index < -0.39 is 6.10 Å². The number of nitrogens with zero attached hydrogens (tertiary/aromatic N) is 2. The molecule has 29 heavy (non-hydrogen) atoms. The van der Waals surface area contributed by atoms with Gasteiger partial charge < -0.3 is 20.2 Å². The molecule has 1 aliphatic heterocycles. The molecule has 1 unspecified atom stereocenters. The van der Waals surface area contributed by atoms with Crippen molar-refractivity contribution in [3.8, 4) is 11.5 Å². The molecule has 1 saturated heterocycles. The molecule has 6 heteroatoms. The molecule has 2 aromatic rings. The smallest absolute Gasteiger partial charge is 0.246 e. The molecule has 0 radical (unpaired) electrons. The summed E-state index contributed by atoms with van der Waals surface area (Å²) in [4.78, 5) is 16.3. The summed E-state index contributed by atoms with van der Waals surface area (Å²) in [5.41, 5.74) is 1.63. The van der Waals surface area contributed by atoms with E-state index in [1.165, 1.54) is 18.2 Å². The van der Waals surface area contributed by atoms with Crippen molar-refractivity contribution in [2.24, 2.45) is 0 Å². The maximum absolute atomic E-state index is 12.3. The van der Waals surface area contributed by atoms with Gasteiger partial charge in [-0.25, -0.2) is 0 Å². The first kappa shape index (κ1) is 20.6. The highest BCUT2D eigenvalue weighted by Gasteiger charge is 2.21. The van der Waals surface area contributed by atoms with E-state index in [0.717, 1.165) is 24.2 Å². The quantitative estimate of drug-likeness (QED) is 0.398. The van der Waals surface area contributed by atoms with Crippen LogP contribution in [0.4, 0.5) is 0 Å². The number of hydrogen-bond acceptors (Lipinski definition) is 5. The zero-order chi connectivity index (χ0) is 20.6. The van der Waals surface area contributed by atoms with Crippen molar-refractivity contribution >= 4 is 12.0 Å². The molecular formula is C23H26N2O4. The minimum Gasteiger partial charge on any atom is -0.504 e. The maximum Gasteiger partial charge on any atom is 0.246 e. The number of piperazine rings is 1. The molecule has 0 saturated carbocycles. The van der Waals surface area contributed by atoms with Gasteiger partial charge in [-0.05, 0) is 23.3 Å². The Morgan fingerprint density at radius 2 is 1.69 bits per heavy atom. The van der Waals surface area contributed by atoms with Crippen LogP contribution in [0.3, 0.4) is 0 Å². The van der Waals surface area contributed by atoms with Crippen molar-refractivity contribution in [3.63, 3.8) is 0 Å². The lowest BCUT2D eigenvalue weighted by Crippen LogP contribution is -2.49. The second kappa shape index (κ2) is 9.91. The zero-order valence-corrected chi connectivity index (χ0v) is 16.2. The van der Waals surface area contributed by atoms with Crippen LogP contribution in [0.15, 0.2) is 66.8 Å². The van der Waals surface area contributed by atoms with Gasteiger partial charge in [0, 0.05) is 38.8 Å². The Morgan fingerprint density at radius 3 is 2.38 bits per heavy atom. The van der Waals surface area contributed by atoms with Gasteiger partial charge in [0.05, 0.1) is 6.10 Å². The van der Waals surface area contributed by atoms with Gasteiger partial charge in [-0.3, -0.25) is 9.69 Å². The number of allylic oxidation sites excluding steroid dienone is 2. The SMILES string of the molecule is O=C(C=CC=Cc1ccc(O)c(O)c1)N1CCN(CC(O)c2ccccc2)CC1. The summed E-state index contributed by atoms with van der Waals surface area (Å²) in [6.45, 7) is 3.27. The van der Waals surface area contributed by atoms with Crippen LogP contribution >= 0.6 is 0 Å². The number of carbonyl (C=O) groups excluding carboxylic acids is 1. The van der Waals surface area contributed by atoms with E-state index in [9.17, 15) is 20.1 Å². The number of carbonyl (C=O) groups is 1. The standard InChI is InChI=1S/C23H26N2O4/c26-20-11-10-18(16-21(20)27)6-4-5-9-23(29)25-14-12-24(13-15-25)17-22(28)19-7-2-1-3-8-19/h1-11,16,22,26-28H,12-15,17H2. The van der Waals surface area contributed by atoms with Crippen molar-refractivity contribution in [1.82, 2.24) is 9.80 Å². The van der Waals surface area contributed by atoms with Gasteiger partial charge in [0.2, 0.25) is 5.91 Å². The highest BCUT2D eigenvalue weighted by atomic mass is 16.3. The van der Waals surface area contributed by atoms with Gasteiger partial charge in [-0.1, -0.05) is 54.6 Å². The first-order valence-electron chi connectivity index (χ1n) is 9.64. The number of hydrogen-bond donors (Lipinski definition) is 3. The van der Waals surface area contributed by atoms with Crippen molar-refractivity contribution in [2.45, 2.75) is 6.10 Å². The second-order valence-electron chi connectivity index (χ2n) is 7.02. The Morgan fingerprint density at radius 1 is 0.966 bits per heavy atom. The van der Waals surface area contributed by atoms with Crippen LogP contribution in [0.5, 0.6) is 11.5 Å². The summed E-state index contributed by atoms with van der Waals surface area (Å²) in [6.07, 6.45) is 6.12. The van der Waals surface area contributed by atoms with Crippen molar-refractivity contribution < 1.29 is 20.1 Å². The van der Waals surface area contributed by atoms with E-state index in [1.54, 1.807) is 29.2 Å². The number of rotatable bonds is 6. The molecule has 1 fully saturated rings. The lowest BCUT2D eigenvalue weighted by molar-refractivity contribution is -0.127. The van der Waals surface area contributed by atoms with E-state index in [4.69, 9.17) is 0 Å². The summed E-state index contributed by atoms with van der Waals surface area (Å²) < 4.78 is 0. The third-order valence-corrected chi connectivity index (χ3v) is 4.94. The second-order valence-corrected chi connectivity index (χ2v) is 7.02. The summed E-state index contributed by atoms with van der Waals surface area (Å²) in [7, 11) is 0. The van der Waals surface area contributed by atoms with E-state index in [-0.39, 0.29) is 17.4 Å². The molecule has 1 heterocycles. The molecule has 0 spiro atoms. The molecular weight excluding hydrogens is 368 g/mol. The molecule has 152 valence electrons. The van der Waals surface area contributed by atoms with Crippen molar-refractivity contribution in [1.29, 1.82) is 0 Å². The maximum atomic E-state index is 12.3. The van der Waals surface area contributed by atoms with Gasteiger partial charge in [0.1, 0.15) is 0 Å². The van der Waals surface area contributed by atoms with Crippen molar-refractivity contribution in [3.05, 3.63) is 77.9 Å².